The Kier molecular flexibility index (Phi) is 4.86. The summed E-state index contributed by atoms with van der Waals surface area (Å²) in [5.41, 5.74) is 0.420. The number of hydrogen-bond donors (Lipinski definition) is 2. The second-order valence-corrected chi connectivity index (χ2v) is 6.58. The summed E-state index contributed by atoms with van der Waals surface area (Å²) in [5, 5.41) is 3.34. The molecule has 0 bridgehead atoms. The van der Waals surface area contributed by atoms with Gasteiger partial charge in [0, 0.05) is 30.4 Å². The summed E-state index contributed by atoms with van der Waals surface area (Å²) >= 11 is 0. The minimum atomic E-state index is -4.47. The molecule has 0 saturated carbocycles. The predicted molar refractivity (Wildman–Crippen MR) is 104 cm³/mol. The fraction of sp³-hybridized carbons (Fsp3) is 0.0952. The monoisotopic (exact) mass is 412 g/mol. The van der Waals surface area contributed by atoms with E-state index in [1.807, 2.05) is 0 Å². The Morgan fingerprint density at radius 2 is 1.73 bits per heavy atom. The molecule has 4 rings (SSSR count). The number of nitrogens with zero attached hydrogens (tertiary/aromatic N) is 2. The molecule has 9 heteroatoms. The Labute approximate surface area is 168 Å². The van der Waals surface area contributed by atoms with Gasteiger partial charge in [-0.3, -0.25) is 19.1 Å². The number of fused-ring (bicyclic) bond motifs is 1. The normalized spacial score (nSPS) is 11.6. The van der Waals surface area contributed by atoms with Gasteiger partial charge in [-0.15, -0.1) is 0 Å². The highest BCUT2D eigenvalue weighted by atomic mass is 19.4. The fourth-order valence-electron chi connectivity index (χ4n) is 3.07. The Bertz CT molecular complexity index is 1260. The van der Waals surface area contributed by atoms with Gasteiger partial charge >= 0.3 is 6.18 Å². The molecule has 1 amide bonds. The van der Waals surface area contributed by atoms with Crippen molar-refractivity contribution in [3.63, 3.8) is 0 Å². The number of rotatable bonds is 4. The van der Waals surface area contributed by atoms with Gasteiger partial charge in [0.15, 0.2) is 0 Å². The van der Waals surface area contributed by atoms with Crippen LogP contribution in [0.4, 0.5) is 13.2 Å². The zero-order valence-electron chi connectivity index (χ0n) is 15.4. The molecule has 0 aliphatic rings. The van der Waals surface area contributed by atoms with E-state index in [0.717, 1.165) is 17.7 Å². The van der Waals surface area contributed by atoms with Crippen LogP contribution in [0, 0.1) is 0 Å². The number of carbonyl (C=O) groups excluding carboxylic acids is 1. The molecule has 3 aromatic heterocycles. The highest BCUT2D eigenvalue weighted by Gasteiger charge is 2.30. The van der Waals surface area contributed by atoms with Crippen LogP contribution in [0.2, 0.25) is 0 Å². The van der Waals surface area contributed by atoms with Crippen molar-refractivity contribution in [2.45, 2.75) is 12.7 Å². The minimum Gasteiger partial charge on any atom is -0.347 e. The van der Waals surface area contributed by atoms with E-state index in [0.29, 0.717) is 17.6 Å². The van der Waals surface area contributed by atoms with E-state index in [1.54, 1.807) is 36.7 Å². The van der Waals surface area contributed by atoms with E-state index >= 15 is 0 Å². The van der Waals surface area contributed by atoms with Crippen LogP contribution in [-0.4, -0.2) is 20.4 Å². The van der Waals surface area contributed by atoms with E-state index in [1.165, 1.54) is 22.8 Å². The quantitative estimate of drug-likeness (QED) is 0.537. The summed E-state index contributed by atoms with van der Waals surface area (Å²) in [6, 6.07) is 12.2. The molecule has 0 radical (unpaired) electrons. The third kappa shape index (κ3) is 3.82. The third-order valence-corrected chi connectivity index (χ3v) is 4.58. The molecule has 0 atom stereocenters. The van der Waals surface area contributed by atoms with Crippen LogP contribution in [0.1, 0.15) is 21.6 Å². The average molecular weight is 412 g/mol. The van der Waals surface area contributed by atoms with Crippen molar-refractivity contribution >= 4 is 16.9 Å². The van der Waals surface area contributed by atoms with Crippen LogP contribution in [0.5, 0.6) is 0 Å². The van der Waals surface area contributed by atoms with Crippen molar-refractivity contribution in [1.29, 1.82) is 0 Å². The summed E-state index contributed by atoms with van der Waals surface area (Å²) in [5.74, 6) is -0.380. The van der Waals surface area contributed by atoms with Crippen molar-refractivity contribution in [2.24, 2.45) is 0 Å². The molecule has 0 saturated heterocycles. The summed E-state index contributed by atoms with van der Waals surface area (Å²) in [7, 11) is 0. The Balaban J connectivity index is 1.66. The van der Waals surface area contributed by atoms with E-state index in [-0.39, 0.29) is 17.3 Å². The number of nitrogens with one attached hydrogen (secondary N) is 2. The fourth-order valence-corrected chi connectivity index (χ4v) is 3.07. The number of carbonyl (C=O) groups is 1. The van der Waals surface area contributed by atoms with Crippen LogP contribution in [0.25, 0.3) is 16.7 Å². The van der Waals surface area contributed by atoms with Crippen molar-refractivity contribution in [3.8, 4) is 5.69 Å². The molecule has 4 aromatic rings. The van der Waals surface area contributed by atoms with Gasteiger partial charge in [-0.25, -0.2) is 0 Å². The number of amides is 1. The van der Waals surface area contributed by atoms with Crippen LogP contribution >= 0.6 is 0 Å². The Morgan fingerprint density at radius 1 is 1.03 bits per heavy atom. The SMILES string of the molecule is O=C(NCc1ccncc1)c1cc2ccc(=O)n(-c3ccc(C(F)(F)F)cc3)c2[nH]1. The second-order valence-electron chi connectivity index (χ2n) is 6.58. The Hall–Kier alpha value is -3.88. The molecule has 2 N–H and O–H groups in total. The van der Waals surface area contributed by atoms with E-state index in [4.69, 9.17) is 0 Å². The summed E-state index contributed by atoms with van der Waals surface area (Å²) < 4.78 is 39.7. The van der Waals surface area contributed by atoms with Crippen LogP contribution < -0.4 is 10.9 Å². The molecule has 0 spiro atoms. The summed E-state index contributed by atoms with van der Waals surface area (Å²) in [4.78, 5) is 31.7. The number of alkyl halides is 3. The van der Waals surface area contributed by atoms with Crippen molar-refractivity contribution < 1.29 is 18.0 Å². The van der Waals surface area contributed by atoms with Crippen LogP contribution in [-0.2, 0) is 12.7 Å². The van der Waals surface area contributed by atoms with Crippen molar-refractivity contribution in [1.82, 2.24) is 19.9 Å². The van der Waals surface area contributed by atoms with Crippen molar-refractivity contribution in [3.05, 3.63) is 94.2 Å². The molecule has 152 valence electrons. The predicted octanol–water partition coefficient (Wildman–Crippen LogP) is 3.66. The second kappa shape index (κ2) is 7.51. The summed E-state index contributed by atoms with van der Waals surface area (Å²) in [6.45, 7) is 0.294. The molecular weight excluding hydrogens is 397 g/mol. The van der Waals surface area contributed by atoms with Gasteiger partial charge in [-0.05, 0) is 54.1 Å². The number of aromatic nitrogens is 3. The van der Waals surface area contributed by atoms with Gasteiger partial charge < -0.3 is 10.3 Å². The number of pyridine rings is 2. The highest BCUT2D eigenvalue weighted by Crippen LogP contribution is 2.29. The number of aromatic amines is 1. The molecule has 0 aliphatic heterocycles. The Morgan fingerprint density at radius 3 is 2.40 bits per heavy atom. The standard InChI is InChI=1S/C21H15F3N4O2/c22-21(23,24)15-2-4-16(5-3-15)28-18(29)6-1-14-11-17(27-19(14)28)20(30)26-12-13-7-9-25-10-8-13/h1-11,27H,12H2,(H,26,30). The van der Waals surface area contributed by atoms with Gasteiger partial charge in [0.2, 0.25) is 0 Å². The lowest BCUT2D eigenvalue weighted by molar-refractivity contribution is -0.137. The average Bonchev–Trinajstić information content (AvgIpc) is 3.16. The molecule has 0 fully saturated rings. The molecule has 0 unspecified atom stereocenters. The van der Waals surface area contributed by atoms with Gasteiger partial charge in [0.1, 0.15) is 11.3 Å². The first-order valence-corrected chi connectivity index (χ1v) is 8.92. The molecular formula is C21H15F3N4O2. The first kappa shape index (κ1) is 19.4. The maximum Gasteiger partial charge on any atom is 0.416 e. The first-order chi connectivity index (χ1) is 14.3. The van der Waals surface area contributed by atoms with Crippen LogP contribution in [0.3, 0.4) is 0 Å². The van der Waals surface area contributed by atoms with E-state index in [9.17, 15) is 22.8 Å². The molecule has 1 aromatic carbocycles. The molecule has 6 nitrogen and oxygen atoms in total. The largest absolute Gasteiger partial charge is 0.416 e. The minimum absolute atomic E-state index is 0.227. The lowest BCUT2D eigenvalue weighted by atomic mass is 10.2. The smallest absolute Gasteiger partial charge is 0.347 e. The maximum atomic E-state index is 12.8. The third-order valence-electron chi connectivity index (χ3n) is 4.58. The molecule has 3 heterocycles. The van der Waals surface area contributed by atoms with Crippen LogP contribution in [0.15, 0.2) is 71.8 Å². The maximum absolute atomic E-state index is 12.8. The van der Waals surface area contributed by atoms with Crippen molar-refractivity contribution in [2.75, 3.05) is 0 Å². The number of hydrogen-bond acceptors (Lipinski definition) is 3. The highest BCUT2D eigenvalue weighted by molar-refractivity contribution is 5.97. The van der Waals surface area contributed by atoms with Gasteiger partial charge in [-0.1, -0.05) is 0 Å². The van der Waals surface area contributed by atoms with Gasteiger partial charge in [0.05, 0.1) is 11.3 Å². The first-order valence-electron chi connectivity index (χ1n) is 8.92. The number of H-pyrrole nitrogens is 1. The van der Waals surface area contributed by atoms with E-state index in [2.05, 4.69) is 15.3 Å². The van der Waals surface area contributed by atoms with E-state index < -0.39 is 17.3 Å². The summed E-state index contributed by atoms with van der Waals surface area (Å²) in [6.07, 6.45) is -1.23. The lowest BCUT2D eigenvalue weighted by Gasteiger charge is -2.10. The lowest BCUT2D eigenvalue weighted by Crippen LogP contribution is -2.23. The number of benzene rings is 1. The van der Waals surface area contributed by atoms with Gasteiger partial charge in [-0.2, -0.15) is 13.2 Å². The zero-order chi connectivity index (χ0) is 21.3. The zero-order valence-corrected chi connectivity index (χ0v) is 15.4. The van der Waals surface area contributed by atoms with Gasteiger partial charge in [0.25, 0.3) is 11.5 Å². The molecule has 0 aliphatic carbocycles. The topological polar surface area (TPSA) is 79.8 Å². The molecule has 30 heavy (non-hydrogen) atoms. The number of halogens is 3.